The van der Waals surface area contributed by atoms with Crippen LogP contribution in [0.5, 0.6) is 0 Å². The number of carbonyl (C=O) groups is 2. The highest BCUT2D eigenvalue weighted by atomic mass is 35.5. The first kappa shape index (κ1) is 19.8. The molecule has 9 nitrogen and oxygen atoms in total. The number of aliphatic imine (C=N–C) groups is 2. The quantitative estimate of drug-likeness (QED) is 0.508. The molecule has 2 heterocycles. The van der Waals surface area contributed by atoms with Gasteiger partial charge < -0.3 is 16.0 Å². The molecule has 0 spiro atoms. The molecule has 10 heteroatoms. The van der Waals surface area contributed by atoms with Crippen LogP contribution in [0.25, 0.3) is 0 Å². The van der Waals surface area contributed by atoms with E-state index in [-0.39, 0.29) is 39.9 Å². The van der Waals surface area contributed by atoms with Gasteiger partial charge in [0.2, 0.25) is 5.91 Å². The lowest BCUT2D eigenvalue weighted by Gasteiger charge is -2.22. The van der Waals surface area contributed by atoms with E-state index >= 15 is 0 Å². The van der Waals surface area contributed by atoms with Crippen molar-refractivity contribution in [1.29, 1.82) is 0 Å². The van der Waals surface area contributed by atoms with Crippen molar-refractivity contribution >= 4 is 41.7 Å². The van der Waals surface area contributed by atoms with Gasteiger partial charge in [0.1, 0.15) is 28.7 Å². The maximum atomic E-state index is 12.9. The van der Waals surface area contributed by atoms with Gasteiger partial charge in [-0.05, 0) is 39.5 Å². The lowest BCUT2D eigenvalue weighted by atomic mass is 10.2. The lowest BCUT2D eigenvalue weighted by molar-refractivity contribution is -0.121. The molecule has 1 saturated carbocycles. The van der Waals surface area contributed by atoms with Crippen LogP contribution in [0.15, 0.2) is 32.7 Å². The summed E-state index contributed by atoms with van der Waals surface area (Å²) in [5.74, 6) is -0.0469. The van der Waals surface area contributed by atoms with Gasteiger partial charge in [0.05, 0.1) is 5.02 Å². The molecular weight excluding hydrogens is 384 g/mol. The first-order valence-electron chi connectivity index (χ1n) is 8.69. The Hall–Kier alpha value is -2.94. The van der Waals surface area contributed by atoms with Gasteiger partial charge in [-0.25, -0.2) is 4.99 Å². The second-order valence-corrected chi connectivity index (χ2v) is 7.50. The second-order valence-electron chi connectivity index (χ2n) is 7.09. The monoisotopic (exact) mass is 404 g/mol. The lowest BCUT2D eigenvalue weighted by Crippen LogP contribution is -2.42. The third kappa shape index (κ3) is 3.70. The number of pyridine rings is 1. The van der Waals surface area contributed by atoms with Crippen molar-refractivity contribution in [2.24, 2.45) is 15.9 Å². The Balaban J connectivity index is 1.92. The summed E-state index contributed by atoms with van der Waals surface area (Å²) in [5, 5.41) is 8.40. The molecule has 1 aromatic heterocycles. The SMILES string of the molecule is C=N/C(=C\C(=N/C)Nc1cc(Cl)c2n(c1=O)C(C)(C)NC2=O)NC(=O)C1CC1. The molecule has 3 N–H and O–H groups in total. The highest BCUT2D eigenvalue weighted by Crippen LogP contribution is 2.29. The Morgan fingerprint density at radius 3 is 2.68 bits per heavy atom. The highest BCUT2D eigenvalue weighted by Gasteiger charge is 2.38. The van der Waals surface area contributed by atoms with Gasteiger partial charge in [-0.2, -0.15) is 0 Å². The number of carbonyl (C=O) groups excluding carboxylic acids is 2. The number of aromatic nitrogens is 1. The summed E-state index contributed by atoms with van der Waals surface area (Å²) in [5.41, 5.74) is -1.12. The minimum Gasteiger partial charge on any atom is -0.336 e. The molecule has 3 rings (SSSR count). The highest BCUT2D eigenvalue weighted by molar-refractivity contribution is 6.34. The van der Waals surface area contributed by atoms with Crippen LogP contribution < -0.4 is 21.5 Å². The molecule has 148 valence electrons. The second kappa shape index (κ2) is 7.23. The van der Waals surface area contributed by atoms with Gasteiger partial charge in [0.25, 0.3) is 11.5 Å². The fourth-order valence-electron chi connectivity index (χ4n) is 2.93. The maximum absolute atomic E-state index is 12.9. The van der Waals surface area contributed by atoms with E-state index in [1.165, 1.54) is 23.8 Å². The molecule has 2 aliphatic rings. The summed E-state index contributed by atoms with van der Waals surface area (Å²) in [6.45, 7) is 6.84. The van der Waals surface area contributed by atoms with Gasteiger partial charge in [0, 0.05) is 19.0 Å². The molecule has 1 aliphatic heterocycles. The van der Waals surface area contributed by atoms with Crippen LogP contribution in [0.1, 0.15) is 37.2 Å². The van der Waals surface area contributed by atoms with E-state index in [1.807, 2.05) is 0 Å². The Morgan fingerprint density at radius 2 is 2.11 bits per heavy atom. The topological polar surface area (TPSA) is 117 Å². The summed E-state index contributed by atoms with van der Waals surface area (Å²) < 4.78 is 1.30. The summed E-state index contributed by atoms with van der Waals surface area (Å²) in [6, 6.07) is 1.37. The molecular formula is C18H21ClN6O3. The zero-order valence-corrected chi connectivity index (χ0v) is 16.6. The van der Waals surface area contributed by atoms with Gasteiger partial charge in [-0.1, -0.05) is 11.6 Å². The smallest absolute Gasteiger partial charge is 0.276 e. The van der Waals surface area contributed by atoms with Crippen molar-refractivity contribution in [1.82, 2.24) is 15.2 Å². The molecule has 1 aliphatic carbocycles. The number of anilines is 1. The molecule has 0 aromatic carbocycles. The van der Waals surface area contributed by atoms with Gasteiger partial charge in [0.15, 0.2) is 0 Å². The number of hydrogen-bond acceptors (Lipinski definition) is 5. The van der Waals surface area contributed by atoms with Crippen LogP contribution in [0.2, 0.25) is 5.02 Å². The Kier molecular flexibility index (Phi) is 5.12. The van der Waals surface area contributed by atoms with Crippen LogP contribution in [0, 0.1) is 5.92 Å². The molecule has 1 fully saturated rings. The van der Waals surface area contributed by atoms with Gasteiger partial charge in [-0.15, -0.1) is 0 Å². The average molecular weight is 405 g/mol. The zero-order chi connectivity index (χ0) is 20.6. The van der Waals surface area contributed by atoms with Gasteiger partial charge >= 0.3 is 0 Å². The fraction of sp³-hybridized carbons (Fsp3) is 0.389. The number of nitrogens with one attached hydrogen (secondary N) is 3. The molecule has 0 saturated heterocycles. The number of nitrogens with zero attached hydrogens (tertiary/aromatic N) is 3. The van der Waals surface area contributed by atoms with Gasteiger partial charge in [-0.3, -0.25) is 23.9 Å². The zero-order valence-electron chi connectivity index (χ0n) is 15.8. The Bertz CT molecular complexity index is 988. The van der Waals surface area contributed by atoms with Crippen LogP contribution in [-0.2, 0) is 10.5 Å². The van der Waals surface area contributed by atoms with Crippen LogP contribution >= 0.6 is 11.6 Å². The standard InChI is InChI=1S/C18H21ClN6O3/c1-18(2)24-16(27)14-10(19)7-11(17(28)25(14)18)22-12(20-3)8-13(21-4)23-15(26)9-5-6-9/h7-9H,4-6H2,1-3H3,(H,20,22)(H,23,26)(H,24,27)/b13-8+. The van der Waals surface area contributed by atoms with E-state index in [0.717, 1.165) is 12.8 Å². The predicted molar refractivity (Wildman–Crippen MR) is 108 cm³/mol. The first-order valence-corrected chi connectivity index (χ1v) is 9.07. The molecule has 0 bridgehead atoms. The van der Waals surface area contributed by atoms with Crippen molar-refractivity contribution in [3.63, 3.8) is 0 Å². The molecule has 1 aromatic rings. The molecule has 0 unspecified atom stereocenters. The molecule has 28 heavy (non-hydrogen) atoms. The molecule has 2 amide bonds. The number of amidine groups is 1. The van der Waals surface area contributed by atoms with E-state index in [9.17, 15) is 14.4 Å². The minimum absolute atomic E-state index is 0.00700. The van der Waals surface area contributed by atoms with Crippen molar-refractivity contribution in [3.05, 3.63) is 39.0 Å². The summed E-state index contributed by atoms with van der Waals surface area (Å²) in [6.07, 6.45) is 3.18. The van der Waals surface area contributed by atoms with E-state index in [2.05, 4.69) is 32.7 Å². The van der Waals surface area contributed by atoms with Crippen molar-refractivity contribution in [3.8, 4) is 0 Å². The largest absolute Gasteiger partial charge is 0.336 e. The normalized spacial score (nSPS) is 18.4. The third-order valence-corrected chi connectivity index (χ3v) is 4.78. The van der Waals surface area contributed by atoms with Crippen LogP contribution in [0.4, 0.5) is 5.69 Å². The van der Waals surface area contributed by atoms with E-state index in [4.69, 9.17) is 11.6 Å². The fourth-order valence-corrected chi connectivity index (χ4v) is 3.21. The molecule has 0 atom stereocenters. The number of amides is 2. The van der Waals surface area contributed by atoms with E-state index in [1.54, 1.807) is 13.8 Å². The summed E-state index contributed by atoms with van der Waals surface area (Å²) in [4.78, 5) is 44.8. The van der Waals surface area contributed by atoms with Crippen molar-refractivity contribution in [2.45, 2.75) is 32.4 Å². The minimum atomic E-state index is -0.920. The van der Waals surface area contributed by atoms with Crippen LogP contribution in [0.3, 0.4) is 0 Å². The number of halogens is 1. The predicted octanol–water partition coefficient (Wildman–Crippen LogP) is 1.45. The molecule has 0 radical (unpaired) electrons. The first-order chi connectivity index (χ1) is 13.2. The number of fused-ring (bicyclic) bond motifs is 1. The average Bonchev–Trinajstić information content (AvgIpc) is 3.43. The van der Waals surface area contributed by atoms with E-state index < -0.39 is 17.1 Å². The number of hydrogen-bond donors (Lipinski definition) is 3. The third-order valence-electron chi connectivity index (χ3n) is 4.49. The van der Waals surface area contributed by atoms with Crippen molar-refractivity contribution in [2.75, 3.05) is 12.4 Å². The number of rotatable bonds is 5. The van der Waals surface area contributed by atoms with Crippen molar-refractivity contribution < 1.29 is 9.59 Å². The summed E-state index contributed by atoms with van der Waals surface area (Å²) in [7, 11) is 1.52. The summed E-state index contributed by atoms with van der Waals surface area (Å²) >= 11 is 6.24. The Labute approximate surface area is 166 Å². The Morgan fingerprint density at radius 1 is 1.43 bits per heavy atom. The van der Waals surface area contributed by atoms with E-state index in [0.29, 0.717) is 0 Å². The maximum Gasteiger partial charge on any atom is 0.276 e. The van der Waals surface area contributed by atoms with Crippen LogP contribution in [-0.4, -0.2) is 36.0 Å².